The molecule has 2 aromatic heterocycles. The van der Waals surface area contributed by atoms with Gasteiger partial charge in [-0.05, 0) is 56.4 Å². The Balaban J connectivity index is 1.57. The number of hydrogen-bond acceptors (Lipinski definition) is 8. The predicted octanol–water partition coefficient (Wildman–Crippen LogP) is 3.84. The van der Waals surface area contributed by atoms with E-state index in [1.54, 1.807) is 12.1 Å². The van der Waals surface area contributed by atoms with Crippen LogP contribution in [0.5, 0.6) is 0 Å². The molecule has 37 heavy (non-hydrogen) atoms. The maximum Gasteiger partial charge on any atom is 0.280 e. The molecule has 5 N–H and O–H groups in total. The number of benzene rings is 1. The highest BCUT2D eigenvalue weighted by Crippen LogP contribution is 2.33. The maximum atomic E-state index is 12.9. The fraction of sp³-hybridized carbons (Fsp3) is 0.481. The van der Waals surface area contributed by atoms with Gasteiger partial charge < -0.3 is 16.4 Å². The Kier molecular flexibility index (Phi) is 8.30. The average Bonchev–Trinajstić information content (AvgIpc) is 2.80. The highest BCUT2D eigenvalue weighted by atomic mass is 16.2. The van der Waals surface area contributed by atoms with Crippen molar-refractivity contribution in [3.63, 3.8) is 0 Å². The summed E-state index contributed by atoms with van der Waals surface area (Å²) in [5, 5.41) is 6.35. The molecule has 0 saturated carbocycles. The van der Waals surface area contributed by atoms with Gasteiger partial charge in [-0.3, -0.25) is 19.4 Å². The number of H-pyrrole nitrogens is 1. The van der Waals surface area contributed by atoms with Crippen LogP contribution in [0.15, 0.2) is 35.3 Å². The van der Waals surface area contributed by atoms with Crippen LogP contribution in [0.2, 0.25) is 0 Å². The van der Waals surface area contributed by atoms with Crippen LogP contribution in [0.3, 0.4) is 0 Å². The number of nitrogens with two attached hydrogens (primary N) is 1. The van der Waals surface area contributed by atoms with Gasteiger partial charge in [-0.15, -0.1) is 0 Å². The van der Waals surface area contributed by atoms with E-state index in [9.17, 15) is 14.4 Å². The number of aromatic amines is 1. The standard InChI is InChI=1S/C27H37N7O3/c1-16(2)20(35)11-12-26(3,4)15-27(5,6)34-23(36)17-7-9-18(10-8-17)29-13-19-14-30-22-21(31-19)24(37)33-25(28)32-22/h7-10,14,16,29H,11-13,15H2,1-6H3,(H,34,36)(H3,28,30,32,33,37). The number of aromatic nitrogens is 4. The monoisotopic (exact) mass is 507 g/mol. The number of carbonyl (C=O) groups is 2. The molecule has 10 nitrogen and oxygen atoms in total. The minimum atomic E-state index is -0.442. The van der Waals surface area contributed by atoms with Gasteiger partial charge in [0, 0.05) is 29.1 Å². The zero-order valence-corrected chi connectivity index (χ0v) is 22.4. The summed E-state index contributed by atoms with van der Waals surface area (Å²) in [5.41, 5.74) is 6.78. The van der Waals surface area contributed by atoms with Gasteiger partial charge in [0.15, 0.2) is 11.2 Å². The number of nitrogens with zero attached hydrogens (tertiary/aromatic N) is 3. The van der Waals surface area contributed by atoms with Crippen molar-refractivity contribution >= 4 is 34.5 Å². The average molecular weight is 508 g/mol. The molecule has 1 aromatic carbocycles. The zero-order chi connectivity index (χ0) is 27.4. The van der Waals surface area contributed by atoms with E-state index in [4.69, 9.17) is 5.73 Å². The second-order valence-corrected chi connectivity index (χ2v) is 11.2. The number of anilines is 2. The van der Waals surface area contributed by atoms with Gasteiger partial charge in [0.25, 0.3) is 11.5 Å². The largest absolute Gasteiger partial charge is 0.379 e. The molecule has 0 unspecified atom stereocenters. The molecule has 1 amide bonds. The van der Waals surface area contributed by atoms with E-state index >= 15 is 0 Å². The lowest BCUT2D eigenvalue weighted by Gasteiger charge is -2.36. The molecular weight excluding hydrogens is 470 g/mol. The maximum absolute atomic E-state index is 12.9. The van der Waals surface area contributed by atoms with Crippen LogP contribution in [-0.2, 0) is 11.3 Å². The van der Waals surface area contributed by atoms with Gasteiger partial charge in [-0.25, -0.2) is 9.97 Å². The molecule has 0 aliphatic carbocycles. The van der Waals surface area contributed by atoms with E-state index in [-0.39, 0.29) is 40.1 Å². The van der Waals surface area contributed by atoms with E-state index in [0.29, 0.717) is 24.2 Å². The van der Waals surface area contributed by atoms with E-state index in [1.165, 1.54) is 6.20 Å². The minimum Gasteiger partial charge on any atom is -0.379 e. The van der Waals surface area contributed by atoms with E-state index in [1.807, 2.05) is 39.8 Å². The summed E-state index contributed by atoms with van der Waals surface area (Å²) in [6, 6.07) is 7.13. The van der Waals surface area contributed by atoms with Crippen molar-refractivity contribution in [3.05, 3.63) is 52.1 Å². The van der Waals surface area contributed by atoms with Crippen LogP contribution in [0.25, 0.3) is 11.2 Å². The first-order chi connectivity index (χ1) is 17.2. The summed E-state index contributed by atoms with van der Waals surface area (Å²) >= 11 is 0. The van der Waals surface area contributed by atoms with Gasteiger partial charge in [0.1, 0.15) is 5.78 Å². The third-order valence-corrected chi connectivity index (χ3v) is 6.17. The first-order valence-corrected chi connectivity index (χ1v) is 12.5. The van der Waals surface area contributed by atoms with Crippen molar-refractivity contribution in [1.29, 1.82) is 0 Å². The summed E-state index contributed by atoms with van der Waals surface area (Å²) in [6.45, 7) is 12.5. The van der Waals surface area contributed by atoms with E-state index < -0.39 is 11.1 Å². The summed E-state index contributed by atoms with van der Waals surface area (Å²) < 4.78 is 0. The Labute approximate surface area is 216 Å². The van der Waals surface area contributed by atoms with E-state index in [2.05, 4.69) is 44.4 Å². The molecule has 0 bridgehead atoms. The fourth-order valence-electron chi connectivity index (χ4n) is 4.45. The number of fused-ring (bicyclic) bond motifs is 1. The number of hydrogen-bond donors (Lipinski definition) is 4. The van der Waals surface area contributed by atoms with Crippen molar-refractivity contribution in [2.45, 2.75) is 72.9 Å². The lowest BCUT2D eigenvalue weighted by atomic mass is 9.76. The minimum absolute atomic E-state index is 0.00738. The summed E-state index contributed by atoms with van der Waals surface area (Å²) in [5.74, 6) is 0.152. The van der Waals surface area contributed by atoms with Crippen LogP contribution >= 0.6 is 0 Å². The first-order valence-electron chi connectivity index (χ1n) is 12.5. The normalized spacial score (nSPS) is 12.1. The second-order valence-electron chi connectivity index (χ2n) is 11.2. The highest BCUT2D eigenvalue weighted by Gasteiger charge is 2.31. The van der Waals surface area contributed by atoms with Crippen molar-refractivity contribution in [3.8, 4) is 0 Å². The summed E-state index contributed by atoms with van der Waals surface area (Å²) in [6.07, 6.45) is 3.61. The summed E-state index contributed by atoms with van der Waals surface area (Å²) in [4.78, 5) is 51.8. The molecule has 0 saturated heterocycles. The smallest absolute Gasteiger partial charge is 0.280 e. The molecule has 0 fully saturated rings. The van der Waals surface area contributed by atoms with Gasteiger partial charge in [-0.1, -0.05) is 27.7 Å². The quantitative estimate of drug-likeness (QED) is 0.305. The Morgan fingerprint density at radius 3 is 2.41 bits per heavy atom. The van der Waals surface area contributed by atoms with Gasteiger partial charge >= 0.3 is 0 Å². The fourth-order valence-corrected chi connectivity index (χ4v) is 4.45. The van der Waals surface area contributed by atoms with Crippen LogP contribution in [0.1, 0.15) is 76.9 Å². The van der Waals surface area contributed by atoms with Crippen molar-refractivity contribution < 1.29 is 9.59 Å². The number of carbonyl (C=O) groups excluding carboxylic acids is 2. The Hall–Kier alpha value is -3.82. The molecule has 0 aliphatic heterocycles. The van der Waals surface area contributed by atoms with Gasteiger partial charge in [0.2, 0.25) is 5.95 Å². The molecule has 0 spiro atoms. The molecule has 10 heteroatoms. The van der Waals surface area contributed by atoms with Crippen molar-refractivity contribution in [1.82, 2.24) is 25.3 Å². The number of amides is 1. The SMILES string of the molecule is CC(C)C(=O)CCC(C)(C)CC(C)(C)NC(=O)c1ccc(NCc2cnc3nc(N)[nH]c(=O)c3n2)cc1. The van der Waals surface area contributed by atoms with Crippen LogP contribution in [0, 0.1) is 11.3 Å². The van der Waals surface area contributed by atoms with Crippen molar-refractivity contribution in [2.75, 3.05) is 11.1 Å². The van der Waals surface area contributed by atoms with Gasteiger partial charge in [0.05, 0.1) is 18.4 Å². The Morgan fingerprint density at radius 1 is 1.08 bits per heavy atom. The molecule has 198 valence electrons. The molecule has 3 aromatic rings. The lowest BCUT2D eigenvalue weighted by molar-refractivity contribution is -0.122. The second kappa shape index (κ2) is 11.1. The topological polar surface area (TPSA) is 156 Å². The number of Topliss-reactive ketones (excluding diaryl/α,β-unsaturated/α-hetero) is 1. The lowest BCUT2D eigenvalue weighted by Crippen LogP contribution is -2.46. The van der Waals surface area contributed by atoms with Crippen LogP contribution in [-0.4, -0.2) is 37.2 Å². The molecule has 2 heterocycles. The third kappa shape index (κ3) is 7.83. The van der Waals surface area contributed by atoms with Crippen molar-refractivity contribution in [2.24, 2.45) is 11.3 Å². The first kappa shape index (κ1) is 27.8. The van der Waals surface area contributed by atoms with Crippen LogP contribution in [0.4, 0.5) is 11.6 Å². The molecule has 0 atom stereocenters. The van der Waals surface area contributed by atoms with E-state index in [0.717, 1.165) is 18.5 Å². The number of ketones is 1. The molecule has 0 radical (unpaired) electrons. The number of nitrogen functional groups attached to an aromatic ring is 1. The molecule has 0 aliphatic rings. The number of nitrogens with one attached hydrogen (secondary N) is 3. The zero-order valence-electron chi connectivity index (χ0n) is 22.4. The third-order valence-electron chi connectivity index (χ3n) is 6.17. The predicted molar refractivity (Wildman–Crippen MR) is 145 cm³/mol. The summed E-state index contributed by atoms with van der Waals surface area (Å²) in [7, 11) is 0. The molecular formula is C27H37N7O3. The Bertz CT molecular complexity index is 1330. The molecule has 3 rings (SSSR count). The van der Waals surface area contributed by atoms with Gasteiger partial charge in [-0.2, -0.15) is 4.98 Å². The highest BCUT2D eigenvalue weighted by molar-refractivity contribution is 5.95. The Morgan fingerprint density at radius 2 is 1.76 bits per heavy atom. The number of rotatable bonds is 11. The van der Waals surface area contributed by atoms with Crippen LogP contribution < -0.4 is 21.9 Å².